The molecule has 3 aromatic rings. The molecule has 2 fully saturated rings. The molecule has 9 nitrogen and oxygen atoms in total. The number of benzene rings is 1. The van der Waals surface area contributed by atoms with E-state index in [4.69, 9.17) is 15.6 Å². The minimum Gasteiger partial charge on any atom is -0.490 e. The van der Waals surface area contributed by atoms with Crippen molar-refractivity contribution in [2.75, 3.05) is 18.8 Å². The van der Waals surface area contributed by atoms with Crippen molar-refractivity contribution < 1.29 is 9.53 Å². The highest BCUT2D eigenvalue weighted by Crippen LogP contribution is 2.34. The number of fused-ring (bicyclic) bond motifs is 1. The normalized spacial score (nSPS) is 18.2. The van der Waals surface area contributed by atoms with E-state index in [1.807, 2.05) is 38.1 Å². The summed E-state index contributed by atoms with van der Waals surface area (Å²) >= 11 is 0. The van der Waals surface area contributed by atoms with Gasteiger partial charge in [0.1, 0.15) is 17.0 Å². The lowest BCUT2D eigenvalue weighted by atomic mass is 10.1. The van der Waals surface area contributed by atoms with Crippen LogP contribution in [0.25, 0.3) is 22.2 Å². The number of nitrogen functional groups attached to an aromatic ring is 1. The predicted octanol–water partition coefficient (Wildman–Crippen LogP) is 4.07. The Kier molecular flexibility index (Phi) is 7.53. The molecule has 1 atom stereocenters. The van der Waals surface area contributed by atoms with Gasteiger partial charge in [-0.1, -0.05) is 20.4 Å². The van der Waals surface area contributed by atoms with Crippen LogP contribution in [0.2, 0.25) is 0 Å². The summed E-state index contributed by atoms with van der Waals surface area (Å²) in [7, 11) is 0. The maximum absolute atomic E-state index is 12.8. The van der Waals surface area contributed by atoms with E-state index in [9.17, 15) is 9.59 Å². The lowest BCUT2D eigenvalue weighted by molar-refractivity contribution is -0.127. The molecule has 9 heteroatoms. The van der Waals surface area contributed by atoms with Crippen molar-refractivity contribution in [1.82, 2.24) is 24.9 Å². The maximum Gasteiger partial charge on any atom is 0.290 e. The number of H-pyrrole nitrogens is 1. The van der Waals surface area contributed by atoms with Crippen LogP contribution in [0.15, 0.2) is 41.7 Å². The third-order valence-electron chi connectivity index (χ3n) is 6.62. The highest BCUT2D eigenvalue weighted by molar-refractivity contribution is 5.99. The summed E-state index contributed by atoms with van der Waals surface area (Å²) in [5.74, 6) is 0.917. The smallest absolute Gasteiger partial charge is 0.290 e. The summed E-state index contributed by atoms with van der Waals surface area (Å²) < 4.78 is 7.79. The molecule has 1 aromatic carbocycles. The molecule has 0 spiro atoms. The Morgan fingerprint density at radius 3 is 2.57 bits per heavy atom. The molecule has 1 unspecified atom stereocenters. The number of carbonyl (C=O) groups is 1. The van der Waals surface area contributed by atoms with Gasteiger partial charge in [0.15, 0.2) is 5.82 Å². The lowest BCUT2D eigenvalue weighted by Crippen LogP contribution is -2.40. The minimum atomic E-state index is -0.355. The zero-order chi connectivity index (χ0) is 24.9. The molecule has 1 amide bonds. The fourth-order valence-corrected chi connectivity index (χ4v) is 4.95. The van der Waals surface area contributed by atoms with Crippen LogP contribution in [0.3, 0.4) is 0 Å². The van der Waals surface area contributed by atoms with Crippen LogP contribution < -0.4 is 16.0 Å². The van der Waals surface area contributed by atoms with E-state index in [1.165, 1.54) is 18.9 Å². The van der Waals surface area contributed by atoms with Gasteiger partial charge in [-0.3, -0.25) is 14.3 Å². The Morgan fingerprint density at radius 1 is 1.17 bits per heavy atom. The third-order valence-corrected chi connectivity index (χ3v) is 6.62. The van der Waals surface area contributed by atoms with Gasteiger partial charge in [-0.2, -0.15) is 10.2 Å². The summed E-state index contributed by atoms with van der Waals surface area (Å²) in [4.78, 5) is 26.7. The lowest BCUT2D eigenvalue weighted by Gasteiger charge is -2.32. The molecule has 1 aliphatic heterocycles. The van der Waals surface area contributed by atoms with Crippen molar-refractivity contribution in [3.05, 3.63) is 47.3 Å². The number of anilines is 1. The second kappa shape index (κ2) is 10.8. The van der Waals surface area contributed by atoms with Gasteiger partial charge in [0.05, 0.1) is 17.5 Å². The van der Waals surface area contributed by atoms with E-state index in [2.05, 4.69) is 16.8 Å². The van der Waals surface area contributed by atoms with Crippen LogP contribution in [0, 0.1) is 0 Å². The predicted molar refractivity (Wildman–Crippen MR) is 137 cm³/mol. The molecule has 2 aliphatic rings. The number of rotatable bonds is 5. The Labute approximate surface area is 205 Å². The number of nitrogens with two attached hydrogens (primary N) is 1. The van der Waals surface area contributed by atoms with Gasteiger partial charge < -0.3 is 15.4 Å². The van der Waals surface area contributed by atoms with E-state index >= 15 is 0 Å². The number of nitrogens with zero attached hydrogens (tertiary/aromatic N) is 4. The maximum atomic E-state index is 12.8. The summed E-state index contributed by atoms with van der Waals surface area (Å²) in [6.45, 7) is 8.71. The molecule has 5 rings (SSSR count). The van der Waals surface area contributed by atoms with Crippen molar-refractivity contribution in [3.63, 3.8) is 0 Å². The van der Waals surface area contributed by atoms with Crippen LogP contribution in [-0.2, 0) is 4.79 Å². The van der Waals surface area contributed by atoms with Crippen molar-refractivity contribution in [2.45, 2.75) is 64.5 Å². The zero-order valence-electron chi connectivity index (χ0n) is 20.5. The molecular formula is C26H34N6O3. The summed E-state index contributed by atoms with van der Waals surface area (Å²) in [5, 5.41) is 11.8. The molecule has 1 saturated carbocycles. The molecule has 35 heavy (non-hydrogen) atoms. The number of carbonyl (C=O) groups excluding carboxylic acids is 1. The van der Waals surface area contributed by atoms with Gasteiger partial charge in [-0.15, -0.1) is 0 Å². The first-order valence-corrected chi connectivity index (χ1v) is 12.5. The fourth-order valence-electron chi connectivity index (χ4n) is 4.95. The highest BCUT2D eigenvalue weighted by Gasteiger charge is 2.28. The Balaban J connectivity index is 0.00000141. The van der Waals surface area contributed by atoms with Gasteiger partial charge in [-0.25, -0.2) is 5.10 Å². The number of hydrogen-bond donors (Lipinski definition) is 2. The summed E-state index contributed by atoms with van der Waals surface area (Å²) in [6, 6.07) is 7.59. The van der Waals surface area contributed by atoms with Crippen LogP contribution in [-0.4, -0.2) is 50.0 Å². The first kappa shape index (κ1) is 24.5. The van der Waals surface area contributed by atoms with Gasteiger partial charge in [-0.05, 0) is 68.9 Å². The molecule has 0 bridgehead atoms. The molecular weight excluding hydrogens is 444 g/mol. The molecule has 1 saturated heterocycles. The number of nitrogens with one attached hydrogen (secondary N) is 1. The SMILES string of the molecule is C=CC(=O)N1CCCC(n2nc(-c3ccc(OC4CCCC4)cc3)c3c(N)n[nH]c(=O)c32)C1.CC. The van der Waals surface area contributed by atoms with Gasteiger partial charge in [0.25, 0.3) is 5.56 Å². The number of hydrogen-bond acceptors (Lipinski definition) is 6. The topological polar surface area (TPSA) is 119 Å². The second-order valence-corrected chi connectivity index (χ2v) is 8.79. The number of piperidine rings is 1. The first-order chi connectivity index (χ1) is 17.0. The highest BCUT2D eigenvalue weighted by atomic mass is 16.5. The van der Waals surface area contributed by atoms with Gasteiger partial charge in [0, 0.05) is 18.7 Å². The Morgan fingerprint density at radius 2 is 1.89 bits per heavy atom. The third kappa shape index (κ3) is 4.94. The standard InChI is InChI=1S/C24H28N6O3.C2H6/c1-2-19(31)29-13-5-6-16(14-29)30-22-20(23(25)26-27-24(22)32)21(28-30)15-9-11-18(12-10-15)33-17-7-3-4-8-17;1-2/h2,9-12,16-17H,1,3-8,13-14H2,(H2,25,26)(H,27,32);1-2H3. The molecule has 1 aliphatic carbocycles. The Bertz CT molecular complexity index is 1240. The quantitative estimate of drug-likeness (QED) is 0.534. The molecule has 186 valence electrons. The number of likely N-dealkylation sites (tertiary alicyclic amines) is 1. The zero-order valence-corrected chi connectivity index (χ0v) is 20.5. The van der Waals surface area contributed by atoms with Crippen LogP contribution >= 0.6 is 0 Å². The molecule has 3 N–H and O–H groups in total. The van der Waals surface area contributed by atoms with E-state index in [0.717, 1.165) is 37.0 Å². The van der Waals surface area contributed by atoms with E-state index < -0.39 is 0 Å². The van der Waals surface area contributed by atoms with Crippen LogP contribution in [0.5, 0.6) is 5.75 Å². The number of amides is 1. The number of aromatic amines is 1. The first-order valence-electron chi connectivity index (χ1n) is 12.5. The van der Waals surface area contributed by atoms with Crippen LogP contribution in [0.1, 0.15) is 58.4 Å². The average Bonchev–Trinajstić information content (AvgIpc) is 3.56. The van der Waals surface area contributed by atoms with Gasteiger partial charge >= 0.3 is 0 Å². The number of ether oxygens (including phenoxy) is 1. The number of aromatic nitrogens is 4. The molecule has 2 aromatic heterocycles. The van der Waals surface area contributed by atoms with Crippen molar-refractivity contribution in [1.29, 1.82) is 0 Å². The fraction of sp³-hybridized carbons (Fsp3) is 0.462. The summed E-state index contributed by atoms with van der Waals surface area (Å²) in [6.07, 6.45) is 7.82. The second-order valence-electron chi connectivity index (χ2n) is 8.79. The minimum absolute atomic E-state index is 0.121. The van der Waals surface area contributed by atoms with E-state index in [1.54, 1.807) is 9.58 Å². The average molecular weight is 479 g/mol. The molecule has 0 radical (unpaired) electrons. The van der Waals surface area contributed by atoms with E-state index in [-0.39, 0.29) is 29.4 Å². The molecule has 3 heterocycles. The summed E-state index contributed by atoms with van der Waals surface area (Å²) in [5.41, 5.74) is 7.65. The largest absolute Gasteiger partial charge is 0.490 e. The van der Waals surface area contributed by atoms with Crippen molar-refractivity contribution in [3.8, 4) is 17.0 Å². The van der Waals surface area contributed by atoms with Gasteiger partial charge in [0.2, 0.25) is 5.91 Å². The monoisotopic (exact) mass is 478 g/mol. The van der Waals surface area contributed by atoms with Crippen molar-refractivity contribution >= 4 is 22.6 Å². The van der Waals surface area contributed by atoms with Crippen molar-refractivity contribution in [2.24, 2.45) is 0 Å². The Hall–Kier alpha value is -3.62. The van der Waals surface area contributed by atoms with E-state index in [0.29, 0.717) is 29.7 Å². The van der Waals surface area contributed by atoms with Crippen LogP contribution in [0.4, 0.5) is 5.82 Å².